The SMILES string of the molecule is CCC(CC)C(N)CNC(=O)c1ccccc1OC(F)F. The van der Waals surface area contributed by atoms with E-state index in [1.165, 1.54) is 18.2 Å². The molecule has 1 aromatic rings. The summed E-state index contributed by atoms with van der Waals surface area (Å²) >= 11 is 0. The molecule has 0 bridgehead atoms. The maximum Gasteiger partial charge on any atom is 0.387 e. The lowest BCUT2D eigenvalue weighted by molar-refractivity contribution is -0.0501. The van der Waals surface area contributed by atoms with Crippen LogP contribution in [0.5, 0.6) is 5.75 Å². The van der Waals surface area contributed by atoms with Crippen molar-refractivity contribution in [3.8, 4) is 5.75 Å². The Morgan fingerprint density at radius 2 is 1.90 bits per heavy atom. The monoisotopic (exact) mass is 300 g/mol. The molecule has 0 aliphatic carbocycles. The van der Waals surface area contributed by atoms with Crippen molar-refractivity contribution >= 4 is 5.91 Å². The smallest absolute Gasteiger partial charge is 0.387 e. The molecule has 3 N–H and O–H groups in total. The molecule has 0 fully saturated rings. The minimum Gasteiger partial charge on any atom is -0.434 e. The van der Waals surface area contributed by atoms with Crippen molar-refractivity contribution in [1.29, 1.82) is 0 Å². The van der Waals surface area contributed by atoms with Crippen molar-refractivity contribution in [2.75, 3.05) is 6.54 Å². The Kier molecular flexibility index (Phi) is 7.08. The van der Waals surface area contributed by atoms with Gasteiger partial charge in [0.2, 0.25) is 0 Å². The predicted octanol–water partition coefficient (Wildman–Crippen LogP) is 2.78. The van der Waals surface area contributed by atoms with Gasteiger partial charge in [0.1, 0.15) is 5.75 Å². The van der Waals surface area contributed by atoms with Gasteiger partial charge < -0.3 is 15.8 Å². The van der Waals surface area contributed by atoms with Crippen LogP contribution in [-0.2, 0) is 0 Å². The highest BCUT2D eigenvalue weighted by Gasteiger charge is 2.18. The molecule has 6 heteroatoms. The van der Waals surface area contributed by atoms with E-state index in [-0.39, 0.29) is 17.4 Å². The van der Waals surface area contributed by atoms with Gasteiger partial charge in [0.15, 0.2) is 0 Å². The van der Waals surface area contributed by atoms with Crippen LogP contribution in [0.2, 0.25) is 0 Å². The van der Waals surface area contributed by atoms with Crippen molar-refractivity contribution in [3.63, 3.8) is 0 Å². The first kappa shape index (κ1) is 17.4. The van der Waals surface area contributed by atoms with Gasteiger partial charge in [0, 0.05) is 12.6 Å². The zero-order chi connectivity index (χ0) is 15.8. The summed E-state index contributed by atoms with van der Waals surface area (Å²) in [5.41, 5.74) is 6.10. The summed E-state index contributed by atoms with van der Waals surface area (Å²) in [5.74, 6) is -0.286. The van der Waals surface area contributed by atoms with E-state index < -0.39 is 12.5 Å². The number of hydrogen-bond donors (Lipinski definition) is 2. The molecule has 118 valence electrons. The number of benzene rings is 1. The Labute approximate surface area is 123 Å². The van der Waals surface area contributed by atoms with Gasteiger partial charge >= 0.3 is 6.61 Å². The fraction of sp³-hybridized carbons (Fsp3) is 0.533. The summed E-state index contributed by atoms with van der Waals surface area (Å²) in [4.78, 5) is 12.1. The van der Waals surface area contributed by atoms with E-state index in [2.05, 4.69) is 10.1 Å². The van der Waals surface area contributed by atoms with E-state index in [1.54, 1.807) is 6.07 Å². The van der Waals surface area contributed by atoms with E-state index in [4.69, 9.17) is 5.73 Å². The van der Waals surface area contributed by atoms with E-state index in [9.17, 15) is 13.6 Å². The molecule has 0 saturated carbocycles. The number of rotatable bonds is 8. The van der Waals surface area contributed by atoms with Gasteiger partial charge in [-0.25, -0.2) is 0 Å². The Morgan fingerprint density at radius 3 is 2.48 bits per heavy atom. The minimum absolute atomic E-state index is 0.0783. The number of carbonyl (C=O) groups excluding carboxylic acids is 1. The Balaban J connectivity index is 2.68. The molecule has 1 amide bonds. The Morgan fingerprint density at radius 1 is 1.29 bits per heavy atom. The summed E-state index contributed by atoms with van der Waals surface area (Å²) < 4.78 is 28.9. The maximum absolute atomic E-state index is 12.3. The summed E-state index contributed by atoms with van der Waals surface area (Å²) in [7, 11) is 0. The van der Waals surface area contributed by atoms with E-state index >= 15 is 0 Å². The number of hydrogen-bond acceptors (Lipinski definition) is 3. The van der Waals surface area contributed by atoms with Crippen LogP contribution >= 0.6 is 0 Å². The number of ether oxygens (including phenoxy) is 1. The molecular weight excluding hydrogens is 278 g/mol. The van der Waals surface area contributed by atoms with Crippen molar-refractivity contribution < 1.29 is 18.3 Å². The van der Waals surface area contributed by atoms with Crippen LogP contribution in [0.15, 0.2) is 24.3 Å². The second-order valence-electron chi connectivity index (χ2n) is 4.83. The number of halogens is 2. The Hall–Kier alpha value is -1.69. The maximum atomic E-state index is 12.3. The first-order valence-corrected chi connectivity index (χ1v) is 7.07. The number of alkyl halides is 2. The molecule has 1 atom stereocenters. The number of nitrogens with two attached hydrogens (primary N) is 1. The number of carbonyl (C=O) groups is 1. The molecule has 1 rings (SSSR count). The van der Waals surface area contributed by atoms with Gasteiger partial charge in [-0.05, 0) is 18.1 Å². The third-order valence-electron chi connectivity index (χ3n) is 3.50. The summed E-state index contributed by atoms with van der Waals surface area (Å²) in [6, 6.07) is 5.74. The molecule has 0 radical (unpaired) electrons. The van der Waals surface area contributed by atoms with Crippen molar-refractivity contribution in [2.24, 2.45) is 11.7 Å². The summed E-state index contributed by atoms with van der Waals surface area (Å²) in [5, 5.41) is 2.67. The fourth-order valence-corrected chi connectivity index (χ4v) is 2.22. The zero-order valence-electron chi connectivity index (χ0n) is 12.3. The van der Waals surface area contributed by atoms with E-state index in [1.807, 2.05) is 13.8 Å². The topological polar surface area (TPSA) is 64.3 Å². The quantitative estimate of drug-likeness (QED) is 0.776. The van der Waals surface area contributed by atoms with Gasteiger partial charge in [-0.2, -0.15) is 8.78 Å². The fourth-order valence-electron chi connectivity index (χ4n) is 2.22. The first-order chi connectivity index (χ1) is 9.99. The van der Waals surface area contributed by atoms with Crippen LogP contribution in [0.25, 0.3) is 0 Å². The van der Waals surface area contributed by atoms with Crippen LogP contribution in [0.4, 0.5) is 8.78 Å². The molecule has 0 aromatic heterocycles. The lowest BCUT2D eigenvalue weighted by atomic mass is 9.95. The van der Waals surface area contributed by atoms with Gasteiger partial charge in [-0.3, -0.25) is 4.79 Å². The normalized spacial score (nSPS) is 12.5. The molecule has 0 heterocycles. The summed E-state index contributed by atoms with van der Waals surface area (Å²) in [6.45, 7) is 1.42. The number of para-hydroxylation sites is 1. The van der Waals surface area contributed by atoms with Crippen molar-refractivity contribution in [1.82, 2.24) is 5.32 Å². The van der Waals surface area contributed by atoms with Gasteiger partial charge in [-0.15, -0.1) is 0 Å². The molecule has 1 aromatic carbocycles. The van der Waals surface area contributed by atoms with Gasteiger partial charge in [0.05, 0.1) is 5.56 Å². The third-order valence-corrected chi connectivity index (χ3v) is 3.50. The molecule has 0 aliphatic heterocycles. The first-order valence-electron chi connectivity index (χ1n) is 7.07. The standard InChI is InChI=1S/C15H22F2N2O2/c1-3-10(4-2)12(18)9-19-14(20)11-7-5-6-8-13(11)21-15(16)17/h5-8,10,12,15H,3-4,9,18H2,1-2H3,(H,19,20). The van der Waals surface area contributed by atoms with E-state index in [0.29, 0.717) is 12.5 Å². The average Bonchev–Trinajstić information content (AvgIpc) is 2.46. The van der Waals surface area contributed by atoms with Crippen LogP contribution in [0.1, 0.15) is 37.0 Å². The molecule has 0 spiro atoms. The molecule has 0 saturated heterocycles. The van der Waals surface area contributed by atoms with Crippen LogP contribution in [0, 0.1) is 5.92 Å². The van der Waals surface area contributed by atoms with Gasteiger partial charge in [0.25, 0.3) is 5.91 Å². The molecule has 0 aliphatic rings. The average molecular weight is 300 g/mol. The highest BCUT2D eigenvalue weighted by Crippen LogP contribution is 2.20. The van der Waals surface area contributed by atoms with Crippen LogP contribution < -0.4 is 15.8 Å². The van der Waals surface area contributed by atoms with E-state index in [0.717, 1.165) is 12.8 Å². The Bertz CT molecular complexity index is 451. The molecule has 4 nitrogen and oxygen atoms in total. The third kappa shape index (κ3) is 5.30. The van der Waals surface area contributed by atoms with Gasteiger partial charge in [-0.1, -0.05) is 38.8 Å². The number of nitrogens with one attached hydrogen (secondary N) is 1. The lowest BCUT2D eigenvalue weighted by Crippen LogP contribution is -2.41. The highest BCUT2D eigenvalue weighted by molar-refractivity contribution is 5.96. The molecule has 1 unspecified atom stereocenters. The second kappa shape index (κ2) is 8.56. The zero-order valence-corrected chi connectivity index (χ0v) is 12.3. The number of amides is 1. The van der Waals surface area contributed by atoms with Crippen molar-refractivity contribution in [3.05, 3.63) is 29.8 Å². The summed E-state index contributed by atoms with van der Waals surface area (Å²) in [6.07, 6.45) is 1.86. The molecule has 21 heavy (non-hydrogen) atoms. The van der Waals surface area contributed by atoms with Crippen LogP contribution in [0.3, 0.4) is 0 Å². The van der Waals surface area contributed by atoms with Crippen molar-refractivity contribution in [2.45, 2.75) is 39.3 Å². The minimum atomic E-state index is -2.97. The largest absolute Gasteiger partial charge is 0.434 e. The molecular formula is C15H22F2N2O2. The lowest BCUT2D eigenvalue weighted by Gasteiger charge is -2.21. The van der Waals surface area contributed by atoms with Crippen LogP contribution in [-0.4, -0.2) is 25.1 Å². The highest BCUT2D eigenvalue weighted by atomic mass is 19.3. The second-order valence-corrected chi connectivity index (χ2v) is 4.83. The predicted molar refractivity (Wildman–Crippen MR) is 77.5 cm³/mol.